The topological polar surface area (TPSA) is 91.8 Å². The van der Waals surface area contributed by atoms with Crippen LogP contribution < -0.4 is 10.2 Å². The normalized spacial score (nSPS) is 32.3. The maximum absolute atomic E-state index is 13.4. The van der Waals surface area contributed by atoms with Crippen LogP contribution in [0.5, 0.6) is 0 Å². The Morgan fingerprint density at radius 1 is 1.18 bits per heavy atom. The van der Waals surface area contributed by atoms with Crippen molar-refractivity contribution in [3.63, 3.8) is 0 Å². The van der Waals surface area contributed by atoms with Crippen molar-refractivity contribution in [2.45, 2.75) is 69.0 Å². The molecule has 1 saturated heterocycles. The smallest absolute Gasteiger partial charge is 0.329 e. The van der Waals surface area contributed by atoms with Crippen molar-refractivity contribution in [1.82, 2.24) is 10.3 Å². The molecule has 1 aliphatic heterocycles. The van der Waals surface area contributed by atoms with E-state index in [9.17, 15) is 9.59 Å². The molecule has 0 aromatic carbocycles. The van der Waals surface area contributed by atoms with Crippen LogP contribution in [0.4, 0.5) is 5.82 Å². The molecule has 4 aliphatic carbocycles. The number of amides is 1. The molecule has 1 aromatic heterocycles. The third kappa shape index (κ3) is 5.02. The molecule has 0 spiro atoms. The molecule has 6 rings (SSSR count). The van der Waals surface area contributed by atoms with E-state index in [-0.39, 0.29) is 18.6 Å². The summed E-state index contributed by atoms with van der Waals surface area (Å²) in [5.74, 6) is 3.91. The number of thioether (sulfide) groups is 1. The van der Waals surface area contributed by atoms with Crippen LogP contribution >= 0.6 is 11.8 Å². The molecule has 2 N–H and O–H groups in total. The first kappa shape index (κ1) is 23.0. The second kappa shape index (κ2) is 9.82. The highest BCUT2D eigenvalue weighted by Crippen LogP contribution is 2.53. The molecule has 1 aromatic rings. The third-order valence-electron chi connectivity index (χ3n) is 7.97. The molecule has 1 atom stereocenters. The van der Waals surface area contributed by atoms with Gasteiger partial charge in [0.05, 0.1) is 11.7 Å². The average molecular weight is 474 g/mol. The van der Waals surface area contributed by atoms with Crippen molar-refractivity contribution >= 4 is 29.5 Å². The number of anilines is 1. The van der Waals surface area contributed by atoms with Gasteiger partial charge in [0.25, 0.3) is 5.91 Å². The number of pyridine rings is 1. The van der Waals surface area contributed by atoms with Crippen molar-refractivity contribution in [3.8, 4) is 0 Å². The van der Waals surface area contributed by atoms with Gasteiger partial charge in [0.15, 0.2) is 0 Å². The number of ether oxygens (including phenoxy) is 1. The summed E-state index contributed by atoms with van der Waals surface area (Å²) in [6.07, 6.45) is 8.24. The Kier molecular flexibility index (Phi) is 6.84. The van der Waals surface area contributed by atoms with Gasteiger partial charge in [-0.05, 0) is 86.5 Å². The van der Waals surface area contributed by atoms with E-state index in [1.807, 2.05) is 12.1 Å². The molecular formula is C25H35N3O4S. The summed E-state index contributed by atoms with van der Waals surface area (Å²) < 4.78 is 5.47. The number of aromatic nitrogens is 1. The lowest BCUT2D eigenvalue weighted by Crippen LogP contribution is -2.55. The van der Waals surface area contributed by atoms with Gasteiger partial charge >= 0.3 is 5.97 Å². The molecule has 5 aliphatic rings. The van der Waals surface area contributed by atoms with Crippen molar-refractivity contribution in [2.24, 2.45) is 23.7 Å². The van der Waals surface area contributed by atoms with E-state index >= 15 is 0 Å². The number of carbonyl (C=O) groups is 2. The van der Waals surface area contributed by atoms with Crippen molar-refractivity contribution in [3.05, 3.63) is 17.7 Å². The standard InChI is InChI=1S/C25H35N3O4S/c1-2-7-33-25-20(3-4-21(26-25)28-6-5-19(13-28)32-14-22(29)30)24(31)27-23-17-9-15-8-16(11-17)12-18(23)10-15/h3-4,15-19,23H,2,5-14H2,1H3,(H,27,31)(H,29,30)/t15?,16?,17?,18?,19-,23?/m0/s1. The predicted octanol–water partition coefficient (Wildman–Crippen LogP) is 3.82. The van der Waals surface area contributed by atoms with Gasteiger partial charge in [-0.1, -0.05) is 6.92 Å². The average Bonchev–Trinajstić information content (AvgIpc) is 3.27. The van der Waals surface area contributed by atoms with Gasteiger partial charge in [-0.2, -0.15) is 0 Å². The van der Waals surface area contributed by atoms with Gasteiger partial charge in [-0.25, -0.2) is 9.78 Å². The summed E-state index contributed by atoms with van der Waals surface area (Å²) in [7, 11) is 0. The highest BCUT2D eigenvalue weighted by atomic mass is 32.2. The maximum Gasteiger partial charge on any atom is 0.329 e. The summed E-state index contributed by atoms with van der Waals surface area (Å²) in [6.45, 7) is 3.26. The van der Waals surface area contributed by atoms with E-state index in [0.717, 1.165) is 47.8 Å². The minimum atomic E-state index is -0.945. The number of aliphatic carboxylic acids is 1. The van der Waals surface area contributed by atoms with Gasteiger partial charge in [0, 0.05) is 19.1 Å². The number of rotatable bonds is 9. The van der Waals surface area contributed by atoms with E-state index in [0.29, 0.717) is 30.0 Å². The van der Waals surface area contributed by atoms with Crippen molar-refractivity contribution < 1.29 is 19.4 Å². The van der Waals surface area contributed by atoms with Gasteiger partial charge in [-0.15, -0.1) is 11.8 Å². The molecule has 0 unspecified atom stereocenters. The Bertz CT molecular complexity index is 866. The summed E-state index contributed by atoms with van der Waals surface area (Å²) in [6, 6.07) is 4.18. The highest BCUT2D eigenvalue weighted by Gasteiger charge is 2.48. The van der Waals surface area contributed by atoms with Gasteiger partial charge in [0.1, 0.15) is 17.5 Å². The van der Waals surface area contributed by atoms with E-state index in [1.165, 1.54) is 32.1 Å². The van der Waals surface area contributed by atoms with Gasteiger partial charge in [0.2, 0.25) is 0 Å². The molecule has 180 valence electrons. The lowest BCUT2D eigenvalue weighted by Gasteiger charge is -2.54. The molecule has 8 heteroatoms. The first-order chi connectivity index (χ1) is 16.0. The van der Waals surface area contributed by atoms with Crippen LogP contribution in [0.2, 0.25) is 0 Å². The maximum atomic E-state index is 13.4. The van der Waals surface area contributed by atoms with Crippen molar-refractivity contribution in [1.29, 1.82) is 0 Å². The fraction of sp³-hybridized carbons (Fsp3) is 0.720. The Labute approximate surface area is 200 Å². The number of nitrogens with zero attached hydrogens (tertiary/aromatic N) is 2. The van der Waals surface area contributed by atoms with Gasteiger partial charge in [-0.3, -0.25) is 4.79 Å². The quantitative estimate of drug-likeness (QED) is 0.527. The summed E-state index contributed by atoms with van der Waals surface area (Å²) in [5.41, 5.74) is 0.684. The Morgan fingerprint density at radius 2 is 1.91 bits per heavy atom. The molecule has 4 saturated carbocycles. The first-order valence-corrected chi connectivity index (χ1v) is 13.5. The molecular weight excluding hydrogens is 438 g/mol. The van der Waals surface area contributed by atoms with Crippen LogP contribution in [0.1, 0.15) is 62.2 Å². The zero-order chi connectivity index (χ0) is 22.9. The van der Waals surface area contributed by atoms with Gasteiger partial charge < -0.3 is 20.1 Å². The van der Waals surface area contributed by atoms with Crippen molar-refractivity contribution in [2.75, 3.05) is 30.3 Å². The Balaban J connectivity index is 1.28. The number of carboxylic acids is 1. The summed E-state index contributed by atoms with van der Waals surface area (Å²) in [4.78, 5) is 31.2. The predicted molar refractivity (Wildman–Crippen MR) is 128 cm³/mol. The van der Waals surface area contributed by atoms with Crippen LogP contribution in [0.15, 0.2) is 17.2 Å². The third-order valence-corrected chi connectivity index (χ3v) is 9.17. The Hall–Kier alpha value is -1.80. The lowest BCUT2D eigenvalue weighted by atomic mass is 9.54. The monoisotopic (exact) mass is 473 g/mol. The number of hydrogen-bond donors (Lipinski definition) is 2. The van der Waals surface area contributed by atoms with Crippen LogP contribution in [0.3, 0.4) is 0 Å². The molecule has 5 fully saturated rings. The minimum absolute atomic E-state index is 0.0224. The minimum Gasteiger partial charge on any atom is -0.480 e. The second-order valence-electron chi connectivity index (χ2n) is 10.4. The van der Waals surface area contributed by atoms with E-state index < -0.39 is 5.97 Å². The van der Waals surface area contributed by atoms with Crippen LogP contribution in [0.25, 0.3) is 0 Å². The number of carboxylic acid groups (broad SMARTS) is 1. The highest BCUT2D eigenvalue weighted by molar-refractivity contribution is 7.99. The lowest BCUT2D eigenvalue weighted by molar-refractivity contribution is -0.143. The number of hydrogen-bond acceptors (Lipinski definition) is 6. The van der Waals surface area contributed by atoms with E-state index in [4.69, 9.17) is 14.8 Å². The summed E-state index contributed by atoms with van der Waals surface area (Å²) >= 11 is 1.65. The SMILES string of the molecule is CCCSc1nc(N2CC[C@H](OCC(=O)O)C2)ccc1C(=O)NC1C2CC3CC(C2)CC1C3. The molecule has 2 heterocycles. The number of nitrogens with one attached hydrogen (secondary N) is 1. The van der Waals surface area contributed by atoms with E-state index in [2.05, 4.69) is 17.1 Å². The zero-order valence-corrected chi connectivity index (χ0v) is 20.2. The molecule has 4 bridgehead atoms. The molecule has 0 radical (unpaired) electrons. The molecule has 33 heavy (non-hydrogen) atoms. The van der Waals surface area contributed by atoms with Crippen LogP contribution in [-0.4, -0.2) is 59.6 Å². The van der Waals surface area contributed by atoms with Crippen LogP contribution in [0, 0.1) is 23.7 Å². The van der Waals surface area contributed by atoms with Crippen LogP contribution in [-0.2, 0) is 9.53 Å². The second-order valence-corrected chi connectivity index (χ2v) is 11.4. The fourth-order valence-electron chi connectivity index (χ4n) is 6.74. The first-order valence-electron chi connectivity index (χ1n) is 12.5. The Morgan fingerprint density at radius 3 is 2.58 bits per heavy atom. The number of carbonyl (C=O) groups excluding carboxylic acids is 1. The molecule has 7 nitrogen and oxygen atoms in total. The zero-order valence-electron chi connectivity index (χ0n) is 19.4. The fourth-order valence-corrected chi connectivity index (χ4v) is 7.61. The largest absolute Gasteiger partial charge is 0.480 e. The van der Waals surface area contributed by atoms with E-state index in [1.54, 1.807) is 11.8 Å². The molecule has 1 amide bonds. The summed E-state index contributed by atoms with van der Waals surface area (Å²) in [5, 5.41) is 13.1.